The summed E-state index contributed by atoms with van der Waals surface area (Å²) >= 11 is 3.08. The molecule has 0 aromatic carbocycles. The standard InChI is InChI=1S/C13H21N3O2S2/c1-3-7-14-13(11(17)18)6-4-5-10(8-13)19-12-15-9(2)16-20-12/h10,14H,3-8H2,1-2H3,(H,17,18). The maximum absolute atomic E-state index is 11.7. The third-order valence-corrected chi connectivity index (χ3v) is 5.75. The zero-order chi connectivity index (χ0) is 14.6. The van der Waals surface area contributed by atoms with Crippen molar-refractivity contribution in [3.8, 4) is 0 Å². The number of nitrogens with one attached hydrogen (secondary N) is 1. The van der Waals surface area contributed by atoms with Gasteiger partial charge in [-0.25, -0.2) is 4.98 Å². The molecule has 0 aliphatic heterocycles. The van der Waals surface area contributed by atoms with E-state index in [1.807, 2.05) is 6.92 Å². The van der Waals surface area contributed by atoms with Crippen molar-refractivity contribution in [2.24, 2.45) is 0 Å². The average Bonchev–Trinajstić information content (AvgIpc) is 2.82. The fraction of sp³-hybridized carbons (Fsp3) is 0.769. The summed E-state index contributed by atoms with van der Waals surface area (Å²) in [6.45, 7) is 4.69. The van der Waals surface area contributed by atoms with Crippen LogP contribution in [0.15, 0.2) is 4.34 Å². The van der Waals surface area contributed by atoms with Gasteiger partial charge in [0, 0.05) is 5.25 Å². The van der Waals surface area contributed by atoms with Crippen LogP contribution in [-0.4, -0.2) is 37.8 Å². The van der Waals surface area contributed by atoms with Crippen molar-refractivity contribution in [3.63, 3.8) is 0 Å². The highest BCUT2D eigenvalue weighted by atomic mass is 32.2. The Morgan fingerprint density at radius 2 is 2.45 bits per heavy atom. The maximum Gasteiger partial charge on any atom is 0.323 e. The van der Waals surface area contributed by atoms with Crippen molar-refractivity contribution in [1.82, 2.24) is 14.7 Å². The third kappa shape index (κ3) is 3.71. The second-order valence-electron chi connectivity index (χ2n) is 5.26. The number of aromatic nitrogens is 2. The highest BCUT2D eigenvalue weighted by Crippen LogP contribution is 2.39. The van der Waals surface area contributed by atoms with Crippen molar-refractivity contribution >= 4 is 29.3 Å². The Balaban J connectivity index is 2.03. The van der Waals surface area contributed by atoms with Crippen LogP contribution in [0.1, 0.15) is 44.9 Å². The minimum absolute atomic E-state index is 0.302. The molecule has 0 bridgehead atoms. The molecule has 0 spiro atoms. The Kier molecular flexibility index (Phi) is 5.40. The molecule has 1 saturated carbocycles. The molecule has 1 aromatic heterocycles. The van der Waals surface area contributed by atoms with E-state index < -0.39 is 11.5 Å². The molecule has 1 aromatic rings. The van der Waals surface area contributed by atoms with Crippen LogP contribution in [0.25, 0.3) is 0 Å². The molecule has 5 nitrogen and oxygen atoms in total. The lowest BCUT2D eigenvalue weighted by atomic mass is 9.81. The predicted octanol–water partition coefficient (Wildman–Crippen LogP) is 2.70. The van der Waals surface area contributed by atoms with Gasteiger partial charge in [-0.2, -0.15) is 4.37 Å². The van der Waals surface area contributed by atoms with E-state index in [4.69, 9.17) is 0 Å². The molecule has 2 N–H and O–H groups in total. The number of aliphatic carboxylic acids is 1. The molecule has 1 heterocycles. The maximum atomic E-state index is 11.7. The number of carbonyl (C=O) groups is 1. The van der Waals surface area contributed by atoms with Gasteiger partial charge in [-0.15, -0.1) is 0 Å². The normalized spacial score (nSPS) is 26.6. The quantitative estimate of drug-likeness (QED) is 0.840. The van der Waals surface area contributed by atoms with Gasteiger partial charge < -0.3 is 10.4 Å². The number of carboxylic acid groups (broad SMARTS) is 1. The van der Waals surface area contributed by atoms with Crippen molar-refractivity contribution in [1.29, 1.82) is 0 Å². The number of thioether (sulfide) groups is 1. The minimum atomic E-state index is -0.758. The van der Waals surface area contributed by atoms with Gasteiger partial charge >= 0.3 is 5.97 Å². The van der Waals surface area contributed by atoms with Crippen LogP contribution in [0.4, 0.5) is 0 Å². The lowest BCUT2D eigenvalue weighted by Gasteiger charge is -2.37. The van der Waals surface area contributed by atoms with Crippen LogP contribution in [0.3, 0.4) is 0 Å². The molecular formula is C13H21N3O2S2. The second-order valence-corrected chi connectivity index (χ2v) is 7.56. The van der Waals surface area contributed by atoms with Crippen molar-refractivity contribution < 1.29 is 9.90 Å². The molecule has 0 radical (unpaired) electrons. The van der Waals surface area contributed by atoms with Crippen molar-refractivity contribution in [2.45, 2.75) is 61.1 Å². The van der Waals surface area contributed by atoms with Crippen molar-refractivity contribution in [3.05, 3.63) is 5.82 Å². The molecule has 1 aliphatic carbocycles. The summed E-state index contributed by atoms with van der Waals surface area (Å²) in [4.78, 5) is 16.0. The number of nitrogens with zero attached hydrogens (tertiary/aromatic N) is 2. The Hall–Kier alpha value is -0.660. The second kappa shape index (κ2) is 6.87. The molecule has 1 aliphatic rings. The van der Waals surface area contributed by atoms with Gasteiger partial charge in [-0.3, -0.25) is 4.79 Å². The summed E-state index contributed by atoms with van der Waals surface area (Å²) in [5, 5.41) is 13.2. The van der Waals surface area contributed by atoms with Crippen LogP contribution in [0, 0.1) is 6.92 Å². The molecular weight excluding hydrogens is 294 g/mol. The molecule has 2 unspecified atom stereocenters. The third-order valence-electron chi connectivity index (χ3n) is 3.60. The van der Waals surface area contributed by atoms with E-state index in [-0.39, 0.29) is 0 Å². The van der Waals surface area contributed by atoms with E-state index in [1.165, 1.54) is 11.5 Å². The first kappa shape index (κ1) is 15.7. The first-order valence-corrected chi connectivity index (χ1v) is 8.66. The van der Waals surface area contributed by atoms with Gasteiger partial charge in [-0.05, 0) is 57.1 Å². The van der Waals surface area contributed by atoms with Crippen LogP contribution in [0.2, 0.25) is 0 Å². The van der Waals surface area contributed by atoms with Gasteiger partial charge in [0.2, 0.25) is 0 Å². The van der Waals surface area contributed by atoms with Gasteiger partial charge in [0.15, 0.2) is 4.34 Å². The van der Waals surface area contributed by atoms with Gasteiger partial charge in [0.1, 0.15) is 11.4 Å². The molecule has 0 saturated heterocycles. The predicted molar refractivity (Wildman–Crippen MR) is 81.4 cm³/mol. The summed E-state index contributed by atoms with van der Waals surface area (Å²) < 4.78 is 5.13. The minimum Gasteiger partial charge on any atom is -0.480 e. The van der Waals surface area contributed by atoms with E-state index in [0.717, 1.165) is 36.0 Å². The summed E-state index contributed by atoms with van der Waals surface area (Å²) in [5.41, 5.74) is -0.758. The molecule has 7 heteroatoms. The number of hydrogen-bond acceptors (Lipinski definition) is 6. The topological polar surface area (TPSA) is 75.1 Å². The lowest BCUT2D eigenvalue weighted by Crippen LogP contribution is -2.55. The van der Waals surface area contributed by atoms with E-state index >= 15 is 0 Å². The summed E-state index contributed by atoms with van der Waals surface area (Å²) in [7, 11) is 0. The molecule has 20 heavy (non-hydrogen) atoms. The monoisotopic (exact) mass is 315 g/mol. The zero-order valence-electron chi connectivity index (χ0n) is 11.9. The Morgan fingerprint density at radius 1 is 1.65 bits per heavy atom. The van der Waals surface area contributed by atoms with E-state index in [1.54, 1.807) is 11.8 Å². The van der Waals surface area contributed by atoms with Gasteiger partial charge in [0.25, 0.3) is 0 Å². The highest BCUT2D eigenvalue weighted by molar-refractivity contribution is 8.01. The lowest BCUT2D eigenvalue weighted by molar-refractivity contribution is -0.146. The van der Waals surface area contributed by atoms with E-state index in [9.17, 15) is 9.90 Å². The SMILES string of the molecule is CCCNC1(C(=O)O)CCCC(Sc2nc(C)ns2)C1. The summed E-state index contributed by atoms with van der Waals surface area (Å²) in [6, 6.07) is 0. The molecule has 2 rings (SSSR count). The first-order chi connectivity index (χ1) is 9.55. The summed E-state index contributed by atoms with van der Waals surface area (Å²) in [6.07, 6.45) is 4.31. The number of aryl methyl sites for hydroxylation is 1. The molecule has 1 fully saturated rings. The number of hydrogen-bond donors (Lipinski definition) is 2. The smallest absolute Gasteiger partial charge is 0.323 e. The molecule has 2 atom stereocenters. The van der Waals surface area contributed by atoms with E-state index in [2.05, 4.69) is 21.6 Å². The van der Waals surface area contributed by atoms with Crippen LogP contribution >= 0.6 is 23.3 Å². The van der Waals surface area contributed by atoms with Crippen LogP contribution in [0.5, 0.6) is 0 Å². The fourth-order valence-corrected chi connectivity index (χ4v) is 4.83. The number of rotatable bonds is 6. The molecule has 112 valence electrons. The Bertz CT molecular complexity index is 466. The Labute approximate surface area is 127 Å². The van der Waals surface area contributed by atoms with Gasteiger partial charge in [0.05, 0.1) is 0 Å². The summed E-state index contributed by atoms with van der Waals surface area (Å²) in [5.74, 6) is 0.0756. The fourth-order valence-electron chi connectivity index (χ4n) is 2.59. The van der Waals surface area contributed by atoms with Gasteiger partial charge in [-0.1, -0.05) is 18.7 Å². The average molecular weight is 315 g/mol. The highest BCUT2D eigenvalue weighted by Gasteiger charge is 2.42. The van der Waals surface area contributed by atoms with E-state index in [0.29, 0.717) is 18.1 Å². The Morgan fingerprint density at radius 3 is 3.05 bits per heavy atom. The van der Waals surface area contributed by atoms with Crippen LogP contribution in [-0.2, 0) is 4.79 Å². The molecule has 0 amide bonds. The zero-order valence-corrected chi connectivity index (χ0v) is 13.5. The van der Waals surface area contributed by atoms with Crippen molar-refractivity contribution in [2.75, 3.05) is 6.54 Å². The van der Waals surface area contributed by atoms with Crippen LogP contribution < -0.4 is 5.32 Å². The largest absolute Gasteiger partial charge is 0.480 e. The number of carboxylic acids is 1. The first-order valence-electron chi connectivity index (χ1n) is 7.01.